The van der Waals surface area contributed by atoms with Crippen LogP contribution in [0.15, 0.2) is 24.5 Å². The first-order valence-corrected chi connectivity index (χ1v) is 9.15. The molecule has 3 heterocycles. The molecule has 0 aliphatic carbocycles. The van der Waals surface area contributed by atoms with Crippen LogP contribution in [0.1, 0.15) is 18.3 Å². The van der Waals surface area contributed by atoms with Crippen molar-refractivity contribution in [2.24, 2.45) is 5.92 Å². The van der Waals surface area contributed by atoms with Crippen LogP contribution in [-0.4, -0.2) is 27.6 Å². The van der Waals surface area contributed by atoms with Crippen molar-refractivity contribution < 1.29 is 0 Å². The van der Waals surface area contributed by atoms with Crippen molar-refractivity contribution in [1.82, 2.24) is 14.5 Å². The van der Waals surface area contributed by atoms with Crippen LogP contribution in [0.2, 0.25) is 5.02 Å². The molecular weight excluding hydrogens is 328 g/mol. The zero-order valence-corrected chi connectivity index (χ0v) is 14.9. The summed E-state index contributed by atoms with van der Waals surface area (Å²) < 4.78 is 3.50. The van der Waals surface area contributed by atoms with E-state index in [9.17, 15) is 0 Å². The van der Waals surface area contributed by atoms with Crippen molar-refractivity contribution in [3.63, 3.8) is 0 Å². The standard InChI is InChI=1S/C17H19ClN4S/c1-3-15-19-6-7-21(15)8-12-9-22(10-12)17-20-16-11(2)13(18)4-5-14(16)23-17/h4-7,12H,3,8-10H2,1-2H3. The number of anilines is 1. The summed E-state index contributed by atoms with van der Waals surface area (Å²) in [5.74, 6) is 1.85. The molecule has 0 atom stereocenters. The molecule has 0 saturated carbocycles. The Bertz CT molecular complexity index is 848. The molecule has 1 aliphatic rings. The zero-order chi connectivity index (χ0) is 16.0. The molecule has 0 radical (unpaired) electrons. The second kappa shape index (κ2) is 5.80. The number of rotatable bonds is 4. The summed E-state index contributed by atoms with van der Waals surface area (Å²) in [5.41, 5.74) is 2.12. The van der Waals surface area contributed by atoms with Crippen LogP contribution in [0, 0.1) is 12.8 Å². The molecule has 6 heteroatoms. The number of hydrogen-bond acceptors (Lipinski definition) is 4. The number of fused-ring (bicyclic) bond motifs is 1. The highest BCUT2D eigenvalue weighted by atomic mass is 35.5. The summed E-state index contributed by atoms with van der Waals surface area (Å²) in [6.07, 6.45) is 4.97. The first kappa shape index (κ1) is 15.0. The van der Waals surface area contributed by atoms with Crippen LogP contribution in [0.25, 0.3) is 10.2 Å². The smallest absolute Gasteiger partial charge is 0.186 e. The Morgan fingerprint density at radius 2 is 2.17 bits per heavy atom. The highest BCUT2D eigenvalue weighted by Gasteiger charge is 2.29. The molecule has 2 aromatic heterocycles. The Kier molecular flexibility index (Phi) is 3.77. The SMILES string of the molecule is CCc1nccn1CC1CN(c2nc3c(C)c(Cl)ccc3s2)C1. The quantitative estimate of drug-likeness (QED) is 0.711. The number of imidazole rings is 1. The summed E-state index contributed by atoms with van der Waals surface area (Å²) >= 11 is 7.96. The lowest BCUT2D eigenvalue weighted by Crippen LogP contribution is -2.48. The highest BCUT2D eigenvalue weighted by Crippen LogP contribution is 2.36. The van der Waals surface area contributed by atoms with Crippen LogP contribution in [0.3, 0.4) is 0 Å². The molecule has 4 nitrogen and oxygen atoms in total. The monoisotopic (exact) mass is 346 g/mol. The Morgan fingerprint density at radius 3 is 2.96 bits per heavy atom. The molecule has 23 heavy (non-hydrogen) atoms. The van der Waals surface area contributed by atoms with Gasteiger partial charge in [-0.1, -0.05) is 29.9 Å². The van der Waals surface area contributed by atoms with Gasteiger partial charge in [-0.2, -0.15) is 0 Å². The van der Waals surface area contributed by atoms with Crippen LogP contribution in [-0.2, 0) is 13.0 Å². The van der Waals surface area contributed by atoms with Gasteiger partial charge in [0, 0.05) is 49.4 Å². The Hall–Kier alpha value is -1.59. The first-order chi connectivity index (χ1) is 11.2. The third-order valence-corrected chi connectivity index (χ3v) is 6.03. The van der Waals surface area contributed by atoms with E-state index in [4.69, 9.17) is 16.6 Å². The van der Waals surface area contributed by atoms with Gasteiger partial charge in [0.25, 0.3) is 0 Å². The van der Waals surface area contributed by atoms with E-state index in [1.165, 1.54) is 10.5 Å². The molecule has 0 unspecified atom stereocenters. The fraction of sp³-hybridized carbons (Fsp3) is 0.412. The predicted octanol–water partition coefficient (Wildman–Crippen LogP) is 4.15. The zero-order valence-electron chi connectivity index (χ0n) is 13.3. The van der Waals surface area contributed by atoms with Gasteiger partial charge < -0.3 is 9.47 Å². The number of nitrogens with zero attached hydrogens (tertiary/aromatic N) is 4. The van der Waals surface area contributed by atoms with Crippen LogP contribution in [0.4, 0.5) is 5.13 Å². The molecule has 1 saturated heterocycles. The Balaban J connectivity index is 1.47. The lowest BCUT2D eigenvalue weighted by molar-refractivity contribution is 0.353. The molecule has 0 spiro atoms. The second-order valence-corrected chi connectivity index (χ2v) is 7.55. The lowest BCUT2D eigenvalue weighted by atomic mass is 10.0. The second-order valence-electron chi connectivity index (χ2n) is 6.14. The molecule has 1 fully saturated rings. The normalized spacial score (nSPS) is 15.3. The predicted molar refractivity (Wildman–Crippen MR) is 96.7 cm³/mol. The summed E-state index contributed by atoms with van der Waals surface area (Å²) in [5, 5.41) is 1.91. The van der Waals surface area contributed by atoms with Gasteiger partial charge in [0.15, 0.2) is 5.13 Å². The number of halogens is 1. The van der Waals surface area contributed by atoms with E-state index in [-0.39, 0.29) is 0 Å². The van der Waals surface area contributed by atoms with Crippen LogP contribution in [0.5, 0.6) is 0 Å². The topological polar surface area (TPSA) is 34.0 Å². The summed E-state index contributed by atoms with van der Waals surface area (Å²) in [7, 11) is 0. The third kappa shape index (κ3) is 2.62. The Morgan fingerprint density at radius 1 is 1.35 bits per heavy atom. The van der Waals surface area contributed by atoms with Gasteiger partial charge in [-0.25, -0.2) is 9.97 Å². The van der Waals surface area contributed by atoms with Gasteiger partial charge in [-0.3, -0.25) is 0 Å². The van der Waals surface area contributed by atoms with Crippen molar-refractivity contribution in [1.29, 1.82) is 0 Å². The minimum Gasteiger partial charge on any atom is -0.347 e. The average molecular weight is 347 g/mol. The fourth-order valence-electron chi connectivity index (χ4n) is 3.16. The van der Waals surface area contributed by atoms with E-state index in [0.717, 1.165) is 47.3 Å². The van der Waals surface area contributed by atoms with E-state index in [1.54, 1.807) is 11.3 Å². The van der Waals surface area contributed by atoms with Gasteiger partial charge >= 0.3 is 0 Å². The maximum atomic E-state index is 6.20. The number of thiazole rings is 1. The Labute approximate surface area is 144 Å². The summed E-state index contributed by atoms with van der Waals surface area (Å²) in [4.78, 5) is 11.6. The van der Waals surface area contributed by atoms with Gasteiger partial charge in [-0.15, -0.1) is 0 Å². The average Bonchev–Trinajstić information content (AvgIpc) is 3.12. The summed E-state index contributed by atoms with van der Waals surface area (Å²) in [6, 6.07) is 4.04. The molecule has 0 bridgehead atoms. The lowest BCUT2D eigenvalue weighted by Gasteiger charge is -2.39. The van der Waals surface area contributed by atoms with E-state index in [2.05, 4.69) is 33.6 Å². The molecule has 4 rings (SSSR count). The van der Waals surface area contributed by atoms with Gasteiger partial charge in [0.2, 0.25) is 0 Å². The van der Waals surface area contributed by atoms with E-state index in [1.807, 2.05) is 19.2 Å². The first-order valence-electron chi connectivity index (χ1n) is 7.96. The number of hydrogen-bond donors (Lipinski definition) is 0. The molecule has 120 valence electrons. The minimum atomic E-state index is 0.672. The molecule has 0 amide bonds. The van der Waals surface area contributed by atoms with Crippen molar-refractivity contribution in [3.05, 3.63) is 40.9 Å². The molecule has 1 aliphatic heterocycles. The fourth-order valence-corrected chi connectivity index (χ4v) is 4.36. The molecule has 1 aromatic carbocycles. The molecule has 3 aromatic rings. The van der Waals surface area contributed by atoms with E-state index < -0.39 is 0 Å². The maximum Gasteiger partial charge on any atom is 0.186 e. The summed E-state index contributed by atoms with van der Waals surface area (Å²) in [6.45, 7) is 7.37. The third-order valence-electron chi connectivity index (χ3n) is 4.54. The van der Waals surface area contributed by atoms with Crippen molar-refractivity contribution in [3.8, 4) is 0 Å². The minimum absolute atomic E-state index is 0.672. The van der Waals surface area contributed by atoms with Crippen molar-refractivity contribution in [2.75, 3.05) is 18.0 Å². The van der Waals surface area contributed by atoms with E-state index in [0.29, 0.717) is 5.92 Å². The van der Waals surface area contributed by atoms with Crippen LogP contribution >= 0.6 is 22.9 Å². The number of benzene rings is 1. The van der Waals surface area contributed by atoms with E-state index >= 15 is 0 Å². The van der Waals surface area contributed by atoms with Crippen molar-refractivity contribution in [2.45, 2.75) is 26.8 Å². The number of aryl methyl sites for hydroxylation is 2. The molecular formula is C17H19ClN4S. The van der Waals surface area contributed by atoms with Gasteiger partial charge in [0.05, 0.1) is 10.2 Å². The maximum absolute atomic E-state index is 6.20. The van der Waals surface area contributed by atoms with Gasteiger partial charge in [0.1, 0.15) is 5.82 Å². The van der Waals surface area contributed by atoms with Crippen LogP contribution < -0.4 is 4.90 Å². The highest BCUT2D eigenvalue weighted by molar-refractivity contribution is 7.22. The largest absolute Gasteiger partial charge is 0.347 e. The molecule has 0 N–H and O–H groups in total. The van der Waals surface area contributed by atoms with Crippen molar-refractivity contribution >= 4 is 38.3 Å². The number of aromatic nitrogens is 3. The van der Waals surface area contributed by atoms with Gasteiger partial charge in [-0.05, 0) is 24.6 Å².